The maximum absolute atomic E-state index is 4.53. The summed E-state index contributed by atoms with van der Waals surface area (Å²) in [6.45, 7) is 4.35. The highest BCUT2D eigenvalue weighted by Crippen LogP contribution is 2.27. The molecular formula is C14H21N5. The molecule has 5 heteroatoms. The Bertz CT molecular complexity index is 548. The number of hydrogen-bond acceptors (Lipinski definition) is 3. The van der Waals surface area contributed by atoms with Crippen molar-refractivity contribution in [3.63, 3.8) is 0 Å². The minimum atomic E-state index is 0.605. The Morgan fingerprint density at radius 3 is 2.89 bits per heavy atom. The summed E-state index contributed by atoms with van der Waals surface area (Å²) in [6.07, 6.45) is 9.35. The molecule has 0 amide bonds. The van der Waals surface area contributed by atoms with E-state index in [2.05, 4.69) is 33.1 Å². The predicted molar refractivity (Wildman–Crippen MR) is 74.6 cm³/mol. The molecule has 0 aliphatic carbocycles. The number of nitrogens with one attached hydrogen (secondary N) is 1. The van der Waals surface area contributed by atoms with E-state index in [0.29, 0.717) is 5.92 Å². The smallest absolute Gasteiger partial charge is 0.0995 e. The van der Waals surface area contributed by atoms with Crippen LogP contribution in [0.1, 0.15) is 37.1 Å². The molecule has 102 valence electrons. The lowest BCUT2D eigenvalue weighted by molar-refractivity contribution is 0.449. The fourth-order valence-electron chi connectivity index (χ4n) is 2.90. The van der Waals surface area contributed by atoms with Gasteiger partial charge in [-0.15, -0.1) is 0 Å². The second-order valence-corrected chi connectivity index (χ2v) is 5.20. The molecule has 0 saturated carbocycles. The summed E-state index contributed by atoms with van der Waals surface area (Å²) in [6, 6.07) is 0. The number of aromatic nitrogens is 4. The third-order valence-corrected chi connectivity index (χ3v) is 3.90. The van der Waals surface area contributed by atoms with Crippen molar-refractivity contribution in [3.05, 3.63) is 30.1 Å². The molecule has 1 aliphatic heterocycles. The van der Waals surface area contributed by atoms with Crippen molar-refractivity contribution >= 4 is 0 Å². The molecule has 0 unspecified atom stereocenters. The highest BCUT2D eigenvalue weighted by Gasteiger charge is 2.21. The van der Waals surface area contributed by atoms with Gasteiger partial charge in [-0.05, 0) is 32.4 Å². The summed E-state index contributed by atoms with van der Waals surface area (Å²) in [7, 11) is 1.98. The number of rotatable bonds is 3. The molecule has 0 aromatic carbocycles. The van der Waals surface area contributed by atoms with E-state index in [1.54, 1.807) is 0 Å². The van der Waals surface area contributed by atoms with Gasteiger partial charge < -0.3 is 5.32 Å². The lowest BCUT2D eigenvalue weighted by Crippen LogP contribution is -2.27. The standard InChI is InChI=1S/C14H21N5/c1-3-12-14(9-18(2)17-12)19-10-16-8-13(19)11-4-6-15-7-5-11/h8-11,15H,3-7H2,1-2H3. The van der Waals surface area contributed by atoms with Crippen molar-refractivity contribution < 1.29 is 0 Å². The fourth-order valence-corrected chi connectivity index (χ4v) is 2.90. The van der Waals surface area contributed by atoms with E-state index in [-0.39, 0.29) is 0 Å². The monoisotopic (exact) mass is 259 g/mol. The van der Waals surface area contributed by atoms with Crippen molar-refractivity contribution in [1.82, 2.24) is 24.6 Å². The van der Waals surface area contributed by atoms with Gasteiger partial charge in [-0.2, -0.15) is 5.10 Å². The van der Waals surface area contributed by atoms with Crippen LogP contribution in [0.2, 0.25) is 0 Å². The summed E-state index contributed by atoms with van der Waals surface area (Å²) in [4.78, 5) is 4.36. The zero-order valence-electron chi connectivity index (χ0n) is 11.6. The summed E-state index contributed by atoms with van der Waals surface area (Å²) in [5, 5.41) is 7.94. The Morgan fingerprint density at radius 1 is 1.37 bits per heavy atom. The molecule has 0 bridgehead atoms. The number of hydrogen-bond donors (Lipinski definition) is 1. The van der Waals surface area contributed by atoms with Gasteiger partial charge in [0.1, 0.15) is 0 Å². The highest BCUT2D eigenvalue weighted by atomic mass is 15.3. The van der Waals surface area contributed by atoms with Gasteiger partial charge >= 0.3 is 0 Å². The molecule has 0 radical (unpaired) electrons. The van der Waals surface area contributed by atoms with E-state index >= 15 is 0 Å². The van der Waals surface area contributed by atoms with Crippen molar-refractivity contribution in [3.8, 4) is 5.69 Å². The second kappa shape index (κ2) is 5.17. The molecule has 0 atom stereocenters. The van der Waals surface area contributed by atoms with E-state index in [1.807, 2.05) is 24.3 Å². The van der Waals surface area contributed by atoms with E-state index in [9.17, 15) is 0 Å². The SMILES string of the molecule is CCc1nn(C)cc1-n1cncc1C1CCNCC1. The first-order valence-electron chi connectivity index (χ1n) is 7.05. The summed E-state index contributed by atoms with van der Waals surface area (Å²) in [5.41, 5.74) is 3.64. The lowest BCUT2D eigenvalue weighted by Gasteiger charge is -2.23. The fraction of sp³-hybridized carbons (Fsp3) is 0.571. The average Bonchev–Trinajstić information content (AvgIpc) is 3.05. The molecule has 3 rings (SSSR count). The van der Waals surface area contributed by atoms with Crippen LogP contribution < -0.4 is 5.32 Å². The van der Waals surface area contributed by atoms with Crippen LogP contribution in [0.4, 0.5) is 0 Å². The Kier molecular flexibility index (Phi) is 3.38. The van der Waals surface area contributed by atoms with E-state index < -0.39 is 0 Å². The minimum Gasteiger partial charge on any atom is -0.317 e. The zero-order chi connectivity index (χ0) is 13.2. The largest absolute Gasteiger partial charge is 0.317 e. The molecule has 1 fully saturated rings. The van der Waals surface area contributed by atoms with Crippen LogP contribution in [0.15, 0.2) is 18.7 Å². The summed E-state index contributed by atoms with van der Waals surface area (Å²) in [5.74, 6) is 0.605. The molecule has 1 aliphatic rings. The summed E-state index contributed by atoms with van der Waals surface area (Å²) < 4.78 is 4.11. The van der Waals surface area contributed by atoms with Gasteiger partial charge in [0.15, 0.2) is 0 Å². The molecule has 1 saturated heterocycles. The van der Waals surface area contributed by atoms with Crippen LogP contribution in [0, 0.1) is 0 Å². The van der Waals surface area contributed by atoms with E-state index in [1.165, 1.54) is 24.2 Å². The summed E-state index contributed by atoms with van der Waals surface area (Å²) >= 11 is 0. The van der Waals surface area contributed by atoms with Crippen molar-refractivity contribution in [2.75, 3.05) is 13.1 Å². The molecule has 1 N–H and O–H groups in total. The molecule has 5 nitrogen and oxygen atoms in total. The zero-order valence-corrected chi connectivity index (χ0v) is 11.6. The minimum absolute atomic E-state index is 0.605. The van der Waals surface area contributed by atoms with Crippen LogP contribution >= 0.6 is 0 Å². The molecular weight excluding hydrogens is 238 g/mol. The molecule has 2 aromatic heterocycles. The van der Waals surface area contributed by atoms with Crippen LogP contribution in [-0.4, -0.2) is 32.4 Å². The van der Waals surface area contributed by atoms with E-state index in [0.717, 1.165) is 25.2 Å². The Morgan fingerprint density at radius 2 is 2.16 bits per heavy atom. The maximum atomic E-state index is 4.53. The number of nitrogens with zero attached hydrogens (tertiary/aromatic N) is 4. The molecule has 3 heterocycles. The Labute approximate surface area is 113 Å². The first-order chi connectivity index (χ1) is 9.29. The third kappa shape index (κ3) is 2.30. The average molecular weight is 259 g/mol. The third-order valence-electron chi connectivity index (χ3n) is 3.90. The van der Waals surface area contributed by atoms with Crippen LogP contribution in [0.5, 0.6) is 0 Å². The van der Waals surface area contributed by atoms with Crippen molar-refractivity contribution in [2.45, 2.75) is 32.1 Å². The van der Waals surface area contributed by atoms with Gasteiger partial charge in [0.2, 0.25) is 0 Å². The lowest BCUT2D eigenvalue weighted by atomic mass is 9.95. The van der Waals surface area contributed by atoms with Crippen LogP contribution in [0.25, 0.3) is 5.69 Å². The highest BCUT2D eigenvalue weighted by molar-refractivity contribution is 5.37. The van der Waals surface area contributed by atoms with E-state index in [4.69, 9.17) is 0 Å². The number of aryl methyl sites for hydroxylation is 2. The van der Waals surface area contributed by atoms with Crippen LogP contribution in [-0.2, 0) is 13.5 Å². The number of piperidine rings is 1. The molecule has 2 aromatic rings. The Hall–Kier alpha value is -1.62. The predicted octanol–water partition coefficient (Wildman–Crippen LogP) is 1.64. The Balaban J connectivity index is 1.98. The molecule has 0 spiro atoms. The quantitative estimate of drug-likeness (QED) is 0.911. The first-order valence-corrected chi connectivity index (χ1v) is 7.05. The molecule has 19 heavy (non-hydrogen) atoms. The topological polar surface area (TPSA) is 47.7 Å². The van der Waals surface area contributed by atoms with Crippen molar-refractivity contribution in [1.29, 1.82) is 0 Å². The maximum Gasteiger partial charge on any atom is 0.0995 e. The second-order valence-electron chi connectivity index (χ2n) is 5.20. The van der Waals surface area contributed by atoms with Gasteiger partial charge in [0, 0.05) is 31.1 Å². The van der Waals surface area contributed by atoms with Crippen molar-refractivity contribution in [2.24, 2.45) is 7.05 Å². The van der Waals surface area contributed by atoms with Gasteiger partial charge in [0.05, 0.1) is 17.7 Å². The van der Waals surface area contributed by atoms with Gasteiger partial charge in [0.25, 0.3) is 0 Å². The normalized spacial score (nSPS) is 16.9. The first kappa shape index (κ1) is 12.4. The van der Waals surface area contributed by atoms with Gasteiger partial charge in [-0.1, -0.05) is 6.92 Å². The van der Waals surface area contributed by atoms with Gasteiger partial charge in [-0.25, -0.2) is 4.98 Å². The van der Waals surface area contributed by atoms with Crippen LogP contribution in [0.3, 0.4) is 0 Å². The number of imidazole rings is 1. The van der Waals surface area contributed by atoms with Gasteiger partial charge in [-0.3, -0.25) is 9.25 Å².